The van der Waals surface area contributed by atoms with Gasteiger partial charge >= 0.3 is 0 Å². The molecule has 2 N–H and O–H groups in total. The van der Waals surface area contributed by atoms with Crippen molar-refractivity contribution in [2.75, 3.05) is 0 Å². The van der Waals surface area contributed by atoms with Crippen LogP contribution < -0.4 is 5.73 Å². The van der Waals surface area contributed by atoms with E-state index in [2.05, 4.69) is 4.98 Å². The van der Waals surface area contributed by atoms with E-state index in [1.807, 2.05) is 13.8 Å². The molecule has 2 rings (SSSR count). The number of hydrogen-bond acceptors (Lipinski definition) is 4. The molecule has 1 aromatic rings. The number of Topliss-reactive ketones (excluding diaryl/α,β-unsaturated/α-hetero) is 1. The molecule has 0 aliphatic heterocycles. The molecule has 1 aromatic heterocycles. The predicted octanol–water partition coefficient (Wildman–Crippen LogP) is 1.76. The SMILES string of the molecule is Cc1nc(C(=O)C(C)(N)C2CC2)cs1. The minimum Gasteiger partial charge on any atom is -0.319 e. The Balaban J connectivity index is 2.22. The summed E-state index contributed by atoms with van der Waals surface area (Å²) in [6, 6.07) is 0. The zero-order chi connectivity index (χ0) is 10.3. The van der Waals surface area contributed by atoms with Crippen molar-refractivity contribution in [1.82, 2.24) is 4.98 Å². The van der Waals surface area contributed by atoms with Crippen LogP contribution >= 0.6 is 11.3 Å². The third-order valence-electron chi connectivity index (χ3n) is 2.77. The van der Waals surface area contributed by atoms with E-state index in [9.17, 15) is 4.79 Å². The summed E-state index contributed by atoms with van der Waals surface area (Å²) in [5.41, 5.74) is 5.85. The Morgan fingerprint density at radius 1 is 1.71 bits per heavy atom. The molecular weight excluding hydrogens is 196 g/mol. The molecule has 14 heavy (non-hydrogen) atoms. The van der Waals surface area contributed by atoms with E-state index in [0.29, 0.717) is 11.6 Å². The van der Waals surface area contributed by atoms with E-state index in [1.54, 1.807) is 5.38 Å². The molecule has 1 aliphatic carbocycles. The minimum absolute atomic E-state index is 0.00986. The third-order valence-corrected chi connectivity index (χ3v) is 3.54. The van der Waals surface area contributed by atoms with Gasteiger partial charge in [-0.2, -0.15) is 0 Å². The van der Waals surface area contributed by atoms with Crippen molar-refractivity contribution < 1.29 is 4.79 Å². The van der Waals surface area contributed by atoms with Crippen LogP contribution in [0.25, 0.3) is 0 Å². The van der Waals surface area contributed by atoms with Gasteiger partial charge in [0, 0.05) is 5.38 Å². The number of carbonyl (C=O) groups is 1. The number of aromatic nitrogens is 1. The lowest BCUT2D eigenvalue weighted by Gasteiger charge is -2.21. The molecule has 1 atom stereocenters. The van der Waals surface area contributed by atoms with E-state index >= 15 is 0 Å². The number of rotatable bonds is 3. The molecule has 3 nitrogen and oxygen atoms in total. The maximum atomic E-state index is 12.0. The standard InChI is InChI=1S/C10H14N2OS/c1-6-12-8(5-14-6)9(13)10(2,11)7-3-4-7/h5,7H,3-4,11H2,1-2H3. The maximum absolute atomic E-state index is 12.0. The van der Waals surface area contributed by atoms with Crippen molar-refractivity contribution in [3.05, 3.63) is 16.1 Å². The Morgan fingerprint density at radius 3 is 2.79 bits per heavy atom. The van der Waals surface area contributed by atoms with Crippen LogP contribution in [0.15, 0.2) is 5.38 Å². The fourth-order valence-electron chi connectivity index (χ4n) is 1.61. The number of hydrogen-bond donors (Lipinski definition) is 1. The van der Waals surface area contributed by atoms with Crippen LogP contribution in [0.2, 0.25) is 0 Å². The molecule has 1 saturated carbocycles. The predicted molar refractivity (Wildman–Crippen MR) is 56.5 cm³/mol. The van der Waals surface area contributed by atoms with Gasteiger partial charge in [-0.15, -0.1) is 11.3 Å². The smallest absolute Gasteiger partial charge is 0.201 e. The molecule has 1 unspecified atom stereocenters. The largest absolute Gasteiger partial charge is 0.319 e. The topological polar surface area (TPSA) is 56.0 Å². The molecular formula is C10H14N2OS. The highest BCUT2D eigenvalue weighted by Crippen LogP contribution is 2.39. The van der Waals surface area contributed by atoms with Gasteiger partial charge in [0.05, 0.1) is 10.5 Å². The summed E-state index contributed by atoms with van der Waals surface area (Å²) < 4.78 is 0. The van der Waals surface area contributed by atoms with Crippen molar-refractivity contribution in [2.45, 2.75) is 32.2 Å². The number of aryl methyl sites for hydroxylation is 1. The van der Waals surface area contributed by atoms with Crippen LogP contribution in [0, 0.1) is 12.8 Å². The van der Waals surface area contributed by atoms with Gasteiger partial charge in [0.2, 0.25) is 5.78 Å². The van der Waals surface area contributed by atoms with E-state index in [4.69, 9.17) is 5.73 Å². The fraction of sp³-hybridized carbons (Fsp3) is 0.600. The molecule has 0 spiro atoms. The molecule has 0 amide bonds. The van der Waals surface area contributed by atoms with Crippen molar-refractivity contribution >= 4 is 17.1 Å². The first-order chi connectivity index (χ1) is 6.51. The summed E-state index contributed by atoms with van der Waals surface area (Å²) in [5, 5.41) is 2.71. The molecule has 1 heterocycles. The minimum atomic E-state index is -0.708. The summed E-state index contributed by atoms with van der Waals surface area (Å²) in [5.74, 6) is 0.348. The van der Waals surface area contributed by atoms with Crippen molar-refractivity contribution in [3.8, 4) is 0 Å². The maximum Gasteiger partial charge on any atom is 0.201 e. The van der Waals surface area contributed by atoms with Gasteiger partial charge in [0.15, 0.2) is 0 Å². The number of ketones is 1. The first kappa shape index (κ1) is 9.80. The Labute approximate surface area is 87.3 Å². The number of nitrogens with zero attached hydrogens (tertiary/aromatic N) is 1. The molecule has 1 fully saturated rings. The first-order valence-corrected chi connectivity index (χ1v) is 5.65. The van der Waals surface area contributed by atoms with Gasteiger partial charge in [0.25, 0.3) is 0 Å². The third kappa shape index (κ3) is 1.60. The molecule has 0 radical (unpaired) electrons. The molecule has 0 saturated heterocycles. The van der Waals surface area contributed by atoms with Crippen LogP contribution in [0.3, 0.4) is 0 Å². The Hall–Kier alpha value is -0.740. The lowest BCUT2D eigenvalue weighted by atomic mass is 9.90. The van der Waals surface area contributed by atoms with Crippen LogP contribution in [0.1, 0.15) is 35.3 Å². The summed E-state index contributed by atoms with van der Waals surface area (Å²) in [7, 11) is 0. The number of carbonyl (C=O) groups excluding carboxylic acids is 1. The van der Waals surface area contributed by atoms with Crippen LogP contribution in [-0.2, 0) is 0 Å². The molecule has 0 aromatic carbocycles. The van der Waals surface area contributed by atoms with Crippen LogP contribution in [-0.4, -0.2) is 16.3 Å². The summed E-state index contributed by atoms with van der Waals surface area (Å²) in [4.78, 5) is 16.2. The fourth-order valence-corrected chi connectivity index (χ4v) is 2.21. The van der Waals surface area contributed by atoms with Gasteiger partial charge in [0.1, 0.15) is 5.69 Å². The summed E-state index contributed by atoms with van der Waals surface area (Å²) >= 11 is 1.49. The second-order valence-electron chi connectivity index (χ2n) is 4.14. The van der Waals surface area contributed by atoms with Gasteiger partial charge in [-0.05, 0) is 32.6 Å². The summed E-state index contributed by atoms with van der Waals surface area (Å²) in [6.45, 7) is 3.72. The summed E-state index contributed by atoms with van der Waals surface area (Å²) in [6.07, 6.45) is 2.14. The van der Waals surface area contributed by atoms with Gasteiger partial charge < -0.3 is 5.73 Å². The highest BCUT2D eigenvalue weighted by atomic mass is 32.1. The average Bonchev–Trinajstić information content (AvgIpc) is 2.89. The lowest BCUT2D eigenvalue weighted by Crippen LogP contribution is -2.47. The molecule has 4 heteroatoms. The van der Waals surface area contributed by atoms with Crippen molar-refractivity contribution in [1.29, 1.82) is 0 Å². The van der Waals surface area contributed by atoms with Gasteiger partial charge in [-0.1, -0.05) is 0 Å². The Kier molecular flexibility index (Phi) is 2.20. The molecule has 0 bridgehead atoms. The quantitative estimate of drug-likeness (QED) is 0.773. The van der Waals surface area contributed by atoms with E-state index in [-0.39, 0.29) is 5.78 Å². The zero-order valence-electron chi connectivity index (χ0n) is 8.41. The van der Waals surface area contributed by atoms with Gasteiger partial charge in [-0.25, -0.2) is 4.98 Å². The number of thiazole rings is 1. The van der Waals surface area contributed by atoms with Gasteiger partial charge in [-0.3, -0.25) is 4.79 Å². The van der Waals surface area contributed by atoms with Crippen LogP contribution in [0.5, 0.6) is 0 Å². The molecule has 76 valence electrons. The van der Waals surface area contributed by atoms with E-state index in [0.717, 1.165) is 17.8 Å². The highest BCUT2D eigenvalue weighted by molar-refractivity contribution is 7.09. The second kappa shape index (κ2) is 3.14. The average molecular weight is 210 g/mol. The normalized spacial score (nSPS) is 20.5. The van der Waals surface area contributed by atoms with Crippen molar-refractivity contribution in [2.24, 2.45) is 11.7 Å². The van der Waals surface area contributed by atoms with E-state index < -0.39 is 5.54 Å². The van der Waals surface area contributed by atoms with Crippen LogP contribution in [0.4, 0.5) is 0 Å². The highest BCUT2D eigenvalue weighted by Gasteiger charge is 2.44. The Bertz CT molecular complexity index is 366. The number of nitrogens with two attached hydrogens (primary N) is 1. The lowest BCUT2D eigenvalue weighted by molar-refractivity contribution is 0.0878. The Morgan fingerprint density at radius 2 is 2.36 bits per heavy atom. The second-order valence-corrected chi connectivity index (χ2v) is 5.20. The molecule has 1 aliphatic rings. The first-order valence-electron chi connectivity index (χ1n) is 4.77. The van der Waals surface area contributed by atoms with E-state index in [1.165, 1.54) is 11.3 Å². The monoisotopic (exact) mass is 210 g/mol. The van der Waals surface area contributed by atoms with Crippen molar-refractivity contribution in [3.63, 3.8) is 0 Å². The zero-order valence-corrected chi connectivity index (χ0v) is 9.23.